The molecule has 6 rings (SSSR count). The Bertz CT molecular complexity index is 2000. The summed E-state index contributed by atoms with van der Waals surface area (Å²) in [6.45, 7) is 17.5. The summed E-state index contributed by atoms with van der Waals surface area (Å²) in [6.07, 6.45) is 20.1. The summed E-state index contributed by atoms with van der Waals surface area (Å²) in [5.74, 6) is 2.15. The van der Waals surface area contributed by atoms with E-state index in [0.29, 0.717) is 78.9 Å². The summed E-state index contributed by atoms with van der Waals surface area (Å²) in [5.41, 5.74) is 4.74. The average molecular weight is 835 g/mol. The Morgan fingerprint density at radius 3 is 2.16 bits per heavy atom. The normalized spacial score (nSPS) is 21.5. The van der Waals surface area contributed by atoms with Crippen LogP contribution in [-0.2, 0) is 0 Å². The number of anilines is 1. The zero-order valence-corrected chi connectivity index (χ0v) is 38.0. The molecule has 12 heteroatoms. The molecule has 0 aromatic heterocycles. The fourth-order valence-corrected chi connectivity index (χ4v) is 8.96. The number of rotatable bonds is 17. The number of methoxy groups -OCH3 is 2. The predicted molar refractivity (Wildman–Crippen MR) is 245 cm³/mol. The Hall–Kier alpha value is -4.89. The largest absolute Gasteiger partial charge is 0.493 e. The number of carbonyl (C=O) groups is 2. The molecule has 2 saturated heterocycles. The van der Waals surface area contributed by atoms with E-state index in [1.807, 2.05) is 47.2 Å². The Morgan fingerprint density at radius 1 is 0.885 bits per heavy atom. The molecular weight excluding hydrogens is 767 g/mol. The number of terminal acetylenes is 1. The number of hydrogen-bond donors (Lipinski definition) is 1. The van der Waals surface area contributed by atoms with Crippen molar-refractivity contribution >= 4 is 37.3 Å². The number of allylic oxidation sites excluding steroid dienone is 2. The Labute approximate surface area is 365 Å². The Balaban J connectivity index is 0.00000347. The van der Waals surface area contributed by atoms with Gasteiger partial charge in [0.2, 0.25) is 0 Å². The van der Waals surface area contributed by atoms with Crippen molar-refractivity contribution in [3.63, 3.8) is 0 Å². The van der Waals surface area contributed by atoms with Crippen molar-refractivity contribution in [1.82, 2.24) is 9.80 Å². The van der Waals surface area contributed by atoms with Gasteiger partial charge in [0.15, 0.2) is 23.0 Å². The molecule has 0 saturated carbocycles. The van der Waals surface area contributed by atoms with Gasteiger partial charge in [0.25, 0.3) is 11.8 Å². The lowest BCUT2D eigenvalue weighted by atomic mass is 9.78. The number of carbonyl (C=O) groups excluding carboxylic acids is 2. The lowest BCUT2D eigenvalue weighted by molar-refractivity contribution is 0.0717. The molecular formula is C49H67BN4O7. The van der Waals surface area contributed by atoms with Gasteiger partial charge in [0.1, 0.15) is 0 Å². The van der Waals surface area contributed by atoms with E-state index in [2.05, 4.69) is 65.4 Å². The monoisotopic (exact) mass is 835 g/mol. The molecule has 1 N–H and O–H groups in total. The third kappa shape index (κ3) is 10.4. The lowest BCUT2D eigenvalue weighted by Crippen LogP contribution is -2.51. The van der Waals surface area contributed by atoms with Crippen LogP contribution in [-0.4, -0.2) is 112 Å². The highest BCUT2D eigenvalue weighted by Crippen LogP contribution is 2.45. The van der Waals surface area contributed by atoms with Gasteiger partial charge < -0.3 is 38.8 Å². The van der Waals surface area contributed by atoms with Gasteiger partial charge in [-0.15, -0.1) is 12.8 Å². The van der Waals surface area contributed by atoms with Gasteiger partial charge in [0.05, 0.1) is 75.9 Å². The summed E-state index contributed by atoms with van der Waals surface area (Å²) in [6, 6.07) is 7.41. The molecule has 328 valence electrons. The van der Waals surface area contributed by atoms with Crippen LogP contribution in [0.4, 0.5) is 11.4 Å². The SMILES string of the molecule is C#C.[B]CC=C1CC2C=Nc3cc(OCC(C)(C)CCC(C)(C)CCOc4cc5c(cc4OC)C(=O)N4C/C(=C/C)C[C@@H]4C(CCO)N5C(C)CC)c(OC)cc3C(=O)N2C1. The summed E-state index contributed by atoms with van der Waals surface area (Å²) in [5, 5.41) is 10.2. The fourth-order valence-electron chi connectivity index (χ4n) is 8.96. The van der Waals surface area contributed by atoms with Crippen molar-refractivity contribution in [3.05, 3.63) is 58.7 Å². The maximum atomic E-state index is 14.2. The predicted octanol–water partition coefficient (Wildman–Crippen LogP) is 8.61. The smallest absolute Gasteiger partial charge is 0.257 e. The van der Waals surface area contributed by atoms with Crippen LogP contribution in [0.25, 0.3) is 0 Å². The van der Waals surface area contributed by atoms with E-state index in [9.17, 15) is 14.7 Å². The van der Waals surface area contributed by atoms with E-state index in [1.165, 1.54) is 5.57 Å². The first-order valence-corrected chi connectivity index (χ1v) is 21.8. The van der Waals surface area contributed by atoms with Gasteiger partial charge in [-0.25, -0.2) is 0 Å². The number of aliphatic hydroxyl groups excluding tert-OH is 1. The van der Waals surface area contributed by atoms with Crippen LogP contribution in [0.5, 0.6) is 23.0 Å². The molecule has 4 aliphatic rings. The van der Waals surface area contributed by atoms with Crippen molar-refractivity contribution in [2.45, 2.75) is 124 Å². The van der Waals surface area contributed by atoms with Crippen LogP contribution in [0.15, 0.2) is 52.6 Å². The van der Waals surface area contributed by atoms with E-state index >= 15 is 0 Å². The molecule has 0 aliphatic carbocycles. The van der Waals surface area contributed by atoms with E-state index in [-0.39, 0.29) is 53.4 Å². The highest BCUT2D eigenvalue weighted by molar-refractivity contribution is 6.09. The van der Waals surface area contributed by atoms with Gasteiger partial charge in [0, 0.05) is 44.1 Å². The second-order valence-corrected chi connectivity index (χ2v) is 18.2. The number of ether oxygens (including phenoxy) is 4. The van der Waals surface area contributed by atoms with Crippen LogP contribution in [0.2, 0.25) is 6.32 Å². The summed E-state index contributed by atoms with van der Waals surface area (Å²) < 4.78 is 24.5. The van der Waals surface area contributed by atoms with Gasteiger partial charge in [-0.1, -0.05) is 64.2 Å². The van der Waals surface area contributed by atoms with Crippen molar-refractivity contribution in [2.75, 3.05) is 52.0 Å². The number of aliphatic imine (C=N–C) groups is 1. The number of benzene rings is 2. The van der Waals surface area contributed by atoms with E-state index in [0.717, 1.165) is 49.8 Å². The minimum Gasteiger partial charge on any atom is -0.493 e. The molecule has 0 bridgehead atoms. The summed E-state index contributed by atoms with van der Waals surface area (Å²) in [7, 11) is 8.95. The van der Waals surface area contributed by atoms with E-state index in [4.69, 9.17) is 31.8 Å². The molecule has 61 heavy (non-hydrogen) atoms. The van der Waals surface area contributed by atoms with Gasteiger partial charge >= 0.3 is 0 Å². The molecule has 2 aromatic rings. The standard InChI is InChI=1S/C47H65BN4O7.C2H2/c1-10-30(3)52-37(13-18-53)39-21-31(11-2)27-51(39)45(55)35-23-41(57-9)43(25-38(35)52)58-19-16-46(4,5)14-15-47(6,7)29-59-42-24-36-34(22-40(42)56-8)44(54)50-28-32(12-17-48)20-33(50)26-49-36;1-2/h11-12,22-26,30,33,37,39,53H,10,13-21,27-29H2,1-9H3;1-2H/b31-11+,32-12?;/t30?,33?,37?,39-;/m1./s1. The van der Waals surface area contributed by atoms with Gasteiger partial charge in [-0.2, -0.15) is 0 Å². The molecule has 4 atom stereocenters. The first-order valence-electron chi connectivity index (χ1n) is 21.8. The Kier molecular flexibility index (Phi) is 15.7. The second kappa shape index (κ2) is 20.3. The van der Waals surface area contributed by atoms with Crippen LogP contribution in [0.3, 0.4) is 0 Å². The van der Waals surface area contributed by atoms with Crippen LogP contribution in [0, 0.1) is 23.7 Å². The number of hydrogen-bond acceptors (Lipinski definition) is 9. The lowest BCUT2D eigenvalue weighted by Gasteiger charge is -2.41. The minimum absolute atomic E-state index is 0.00666. The second-order valence-electron chi connectivity index (χ2n) is 18.2. The summed E-state index contributed by atoms with van der Waals surface area (Å²) >= 11 is 0. The average Bonchev–Trinajstić information content (AvgIpc) is 3.83. The quantitative estimate of drug-likeness (QED) is 0.0959. The van der Waals surface area contributed by atoms with Crippen molar-refractivity contribution in [2.24, 2.45) is 15.8 Å². The maximum Gasteiger partial charge on any atom is 0.257 e. The number of nitrogens with zero attached hydrogens (tertiary/aromatic N) is 4. The van der Waals surface area contributed by atoms with E-state index < -0.39 is 0 Å². The van der Waals surface area contributed by atoms with Gasteiger partial charge in [-0.05, 0) is 81.8 Å². The zero-order valence-electron chi connectivity index (χ0n) is 38.0. The Morgan fingerprint density at radius 2 is 1.52 bits per heavy atom. The van der Waals surface area contributed by atoms with E-state index in [1.54, 1.807) is 20.3 Å². The van der Waals surface area contributed by atoms with Crippen LogP contribution in [0.1, 0.15) is 114 Å². The first-order chi connectivity index (χ1) is 29.2. The molecule has 3 unspecified atom stereocenters. The molecule has 0 spiro atoms. The van der Waals surface area contributed by atoms with Crippen LogP contribution >= 0.6 is 0 Å². The number of fused-ring (bicyclic) bond motifs is 4. The minimum atomic E-state index is -0.164. The third-order valence-electron chi connectivity index (χ3n) is 12.9. The molecule has 4 aliphatic heterocycles. The first kappa shape index (κ1) is 47.2. The van der Waals surface area contributed by atoms with Gasteiger partial charge in [-0.3, -0.25) is 14.6 Å². The topological polar surface area (TPSA) is 113 Å². The molecule has 2 amide bonds. The fraction of sp³-hybridized carbons (Fsp3) is 0.571. The van der Waals surface area contributed by atoms with Crippen LogP contribution < -0.4 is 23.8 Å². The van der Waals surface area contributed by atoms with Crippen molar-refractivity contribution < 1.29 is 33.6 Å². The third-order valence-corrected chi connectivity index (χ3v) is 12.9. The highest BCUT2D eigenvalue weighted by Gasteiger charge is 2.45. The van der Waals surface area contributed by atoms with Crippen molar-refractivity contribution in [3.8, 4) is 35.8 Å². The molecule has 2 radical (unpaired) electrons. The number of amides is 2. The van der Waals surface area contributed by atoms with Crippen molar-refractivity contribution in [1.29, 1.82) is 0 Å². The highest BCUT2D eigenvalue weighted by atomic mass is 16.5. The molecule has 2 aromatic carbocycles. The molecule has 11 nitrogen and oxygen atoms in total. The molecule has 2 fully saturated rings. The summed E-state index contributed by atoms with van der Waals surface area (Å²) in [4.78, 5) is 38.8. The molecule has 4 heterocycles. The number of aliphatic hydroxyl groups is 1. The maximum absolute atomic E-state index is 14.2. The zero-order chi connectivity index (χ0) is 44.6.